The summed E-state index contributed by atoms with van der Waals surface area (Å²) in [6.45, 7) is 9.54. The van der Waals surface area contributed by atoms with Gasteiger partial charge in [-0.25, -0.2) is 0 Å². The predicted octanol–water partition coefficient (Wildman–Crippen LogP) is 3.02. The van der Waals surface area contributed by atoms with Crippen molar-refractivity contribution < 1.29 is 19.1 Å². The molecule has 1 saturated heterocycles. The Morgan fingerprint density at radius 3 is 2.76 bits per heavy atom. The Kier molecular flexibility index (Phi) is 8.03. The number of amides is 1. The summed E-state index contributed by atoms with van der Waals surface area (Å²) >= 11 is 0. The highest BCUT2D eigenvalue weighted by atomic mass is 16.5. The SMILES string of the molecule is CCOC(=O)C1CCCN(C(=O)/C(C#N)=C/c2cc(C)n(C(C)COC)c2C)C1. The van der Waals surface area contributed by atoms with Gasteiger partial charge in [-0.05, 0) is 58.2 Å². The van der Waals surface area contributed by atoms with E-state index in [0.29, 0.717) is 32.7 Å². The summed E-state index contributed by atoms with van der Waals surface area (Å²) < 4.78 is 12.5. The number of likely N-dealkylation sites (tertiary alicyclic amines) is 1. The average molecular weight is 402 g/mol. The van der Waals surface area contributed by atoms with Crippen molar-refractivity contribution in [3.05, 3.63) is 28.6 Å². The van der Waals surface area contributed by atoms with Crippen LogP contribution >= 0.6 is 0 Å². The summed E-state index contributed by atoms with van der Waals surface area (Å²) in [7, 11) is 1.67. The van der Waals surface area contributed by atoms with Crippen LogP contribution in [0.4, 0.5) is 0 Å². The zero-order chi connectivity index (χ0) is 21.6. The van der Waals surface area contributed by atoms with E-state index >= 15 is 0 Å². The van der Waals surface area contributed by atoms with Crippen molar-refractivity contribution in [2.75, 3.05) is 33.4 Å². The average Bonchev–Trinajstić information content (AvgIpc) is 2.99. The lowest BCUT2D eigenvalue weighted by Gasteiger charge is -2.31. The van der Waals surface area contributed by atoms with Crippen LogP contribution < -0.4 is 0 Å². The van der Waals surface area contributed by atoms with Crippen molar-refractivity contribution in [1.82, 2.24) is 9.47 Å². The van der Waals surface area contributed by atoms with Gasteiger partial charge >= 0.3 is 5.97 Å². The smallest absolute Gasteiger partial charge is 0.310 e. The van der Waals surface area contributed by atoms with Crippen LogP contribution in [0.5, 0.6) is 0 Å². The number of carbonyl (C=O) groups excluding carboxylic acids is 2. The zero-order valence-corrected chi connectivity index (χ0v) is 18.0. The number of nitrogens with zero attached hydrogens (tertiary/aromatic N) is 3. The monoisotopic (exact) mass is 401 g/mol. The van der Waals surface area contributed by atoms with Crippen LogP contribution in [-0.4, -0.2) is 54.8 Å². The summed E-state index contributed by atoms with van der Waals surface area (Å²) in [5.41, 5.74) is 2.95. The number of nitriles is 1. The van der Waals surface area contributed by atoms with Crippen LogP contribution in [0.3, 0.4) is 0 Å². The number of hydrogen-bond donors (Lipinski definition) is 0. The van der Waals surface area contributed by atoms with E-state index in [4.69, 9.17) is 9.47 Å². The van der Waals surface area contributed by atoms with Crippen molar-refractivity contribution in [2.45, 2.75) is 46.6 Å². The molecule has 1 aliphatic rings. The molecule has 7 nitrogen and oxygen atoms in total. The first kappa shape index (κ1) is 22.7. The molecule has 29 heavy (non-hydrogen) atoms. The molecule has 7 heteroatoms. The second-order valence-electron chi connectivity index (χ2n) is 7.51. The standard InChI is InChI=1S/C22H31N3O4/c1-6-29-22(27)18-8-7-9-24(13-18)21(26)20(12-23)11-19-10-15(2)25(17(19)4)16(3)14-28-5/h10-11,16,18H,6-9,13-14H2,1-5H3/b20-11+. The molecule has 158 valence electrons. The summed E-state index contributed by atoms with van der Waals surface area (Å²) in [4.78, 5) is 26.6. The lowest BCUT2D eigenvalue weighted by Crippen LogP contribution is -2.43. The molecular weight excluding hydrogens is 370 g/mol. The van der Waals surface area contributed by atoms with E-state index in [1.165, 1.54) is 0 Å². The van der Waals surface area contributed by atoms with Crippen molar-refractivity contribution in [3.8, 4) is 6.07 Å². The van der Waals surface area contributed by atoms with E-state index in [0.717, 1.165) is 23.4 Å². The Hall–Kier alpha value is -2.59. The second-order valence-corrected chi connectivity index (χ2v) is 7.51. The van der Waals surface area contributed by atoms with Crippen LogP contribution in [0, 0.1) is 31.1 Å². The van der Waals surface area contributed by atoms with Crippen LogP contribution in [0.25, 0.3) is 6.08 Å². The first-order valence-corrected chi connectivity index (χ1v) is 10.1. The van der Waals surface area contributed by atoms with Crippen molar-refractivity contribution in [3.63, 3.8) is 0 Å². The van der Waals surface area contributed by atoms with Gasteiger partial charge in [-0.2, -0.15) is 5.26 Å². The first-order chi connectivity index (χ1) is 13.8. The Balaban J connectivity index is 2.24. The minimum atomic E-state index is -0.337. The molecule has 0 bridgehead atoms. The molecule has 0 saturated carbocycles. The first-order valence-electron chi connectivity index (χ1n) is 10.1. The maximum Gasteiger partial charge on any atom is 0.310 e. The maximum absolute atomic E-state index is 13.0. The molecular formula is C22H31N3O4. The highest BCUT2D eigenvalue weighted by Gasteiger charge is 2.30. The second kappa shape index (κ2) is 10.3. The number of carbonyl (C=O) groups is 2. The van der Waals surface area contributed by atoms with Gasteiger partial charge in [-0.1, -0.05) is 0 Å². The number of methoxy groups -OCH3 is 1. The third-order valence-electron chi connectivity index (χ3n) is 5.35. The van der Waals surface area contributed by atoms with Gasteiger partial charge in [-0.3, -0.25) is 9.59 Å². The van der Waals surface area contributed by atoms with Gasteiger partial charge in [-0.15, -0.1) is 0 Å². The van der Waals surface area contributed by atoms with Gasteiger partial charge in [0.15, 0.2) is 0 Å². The fourth-order valence-corrected chi connectivity index (χ4v) is 4.02. The van der Waals surface area contributed by atoms with Gasteiger partial charge in [0.25, 0.3) is 5.91 Å². The Morgan fingerprint density at radius 2 is 2.14 bits per heavy atom. The van der Waals surface area contributed by atoms with E-state index < -0.39 is 0 Å². The Labute approximate surface area is 172 Å². The number of ether oxygens (including phenoxy) is 2. The molecule has 0 aromatic carbocycles. The molecule has 0 aliphatic carbocycles. The molecule has 0 spiro atoms. The molecule has 1 aromatic heterocycles. The largest absolute Gasteiger partial charge is 0.466 e. The van der Waals surface area contributed by atoms with Gasteiger partial charge in [0.2, 0.25) is 0 Å². The Morgan fingerprint density at radius 1 is 1.41 bits per heavy atom. The van der Waals surface area contributed by atoms with Crippen LogP contribution in [0.15, 0.2) is 11.6 Å². The lowest BCUT2D eigenvalue weighted by atomic mass is 9.97. The normalized spacial score (nSPS) is 18.3. The van der Waals surface area contributed by atoms with E-state index in [-0.39, 0.29) is 29.4 Å². The number of aromatic nitrogens is 1. The maximum atomic E-state index is 13.0. The molecule has 1 fully saturated rings. The van der Waals surface area contributed by atoms with E-state index in [1.54, 1.807) is 25.0 Å². The minimum absolute atomic E-state index is 0.0779. The van der Waals surface area contributed by atoms with E-state index in [2.05, 4.69) is 11.5 Å². The molecule has 0 N–H and O–H groups in total. The van der Waals surface area contributed by atoms with Crippen LogP contribution in [0.1, 0.15) is 49.7 Å². The highest BCUT2D eigenvalue weighted by molar-refractivity contribution is 6.02. The third-order valence-corrected chi connectivity index (χ3v) is 5.35. The third kappa shape index (κ3) is 5.27. The van der Waals surface area contributed by atoms with Crippen LogP contribution in [0.2, 0.25) is 0 Å². The fourth-order valence-electron chi connectivity index (χ4n) is 4.02. The van der Waals surface area contributed by atoms with Crippen LogP contribution in [-0.2, 0) is 19.1 Å². The van der Waals surface area contributed by atoms with Crippen molar-refractivity contribution in [1.29, 1.82) is 5.26 Å². The summed E-state index contributed by atoms with van der Waals surface area (Å²) in [5.74, 6) is -0.938. The minimum Gasteiger partial charge on any atom is -0.466 e. The van der Waals surface area contributed by atoms with Gasteiger partial charge in [0, 0.05) is 31.6 Å². The molecule has 2 heterocycles. The fraction of sp³-hybridized carbons (Fsp3) is 0.591. The van der Waals surface area contributed by atoms with Gasteiger partial charge in [0.1, 0.15) is 11.6 Å². The summed E-state index contributed by atoms with van der Waals surface area (Å²) in [5, 5.41) is 9.62. The molecule has 2 unspecified atom stereocenters. The summed E-state index contributed by atoms with van der Waals surface area (Å²) in [6.07, 6.45) is 3.07. The molecule has 0 radical (unpaired) electrons. The number of aryl methyl sites for hydroxylation is 1. The van der Waals surface area contributed by atoms with Crippen molar-refractivity contribution >= 4 is 18.0 Å². The number of hydrogen-bond acceptors (Lipinski definition) is 5. The number of esters is 1. The highest BCUT2D eigenvalue weighted by Crippen LogP contribution is 2.24. The molecule has 1 aromatic rings. The zero-order valence-electron chi connectivity index (χ0n) is 18.0. The topological polar surface area (TPSA) is 84.6 Å². The molecule has 1 aliphatic heterocycles. The van der Waals surface area contributed by atoms with Crippen molar-refractivity contribution in [2.24, 2.45) is 5.92 Å². The van der Waals surface area contributed by atoms with E-state index in [1.807, 2.05) is 26.0 Å². The lowest BCUT2D eigenvalue weighted by molar-refractivity contribution is -0.150. The quantitative estimate of drug-likeness (QED) is 0.398. The Bertz CT molecular complexity index is 819. The predicted molar refractivity (Wildman–Crippen MR) is 110 cm³/mol. The number of rotatable bonds is 7. The van der Waals surface area contributed by atoms with E-state index in [9.17, 15) is 14.9 Å². The van der Waals surface area contributed by atoms with Gasteiger partial charge < -0.3 is 18.9 Å². The number of piperidine rings is 1. The van der Waals surface area contributed by atoms with Gasteiger partial charge in [0.05, 0.1) is 25.2 Å². The summed E-state index contributed by atoms with van der Waals surface area (Å²) in [6, 6.07) is 4.17. The molecule has 1 amide bonds. The molecule has 2 rings (SSSR count). The molecule has 2 atom stereocenters.